The highest BCUT2D eigenvalue weighted by atomic mass is 16.5. The van der Waals surface area contributed by atoms with E-state index in [1.54, 1.807) is 48.8 Å². The number of anilines is 1. The van der Waals surface area contributed by atoms with Crippen LogP contribution in [-0.4, -0.2) is 36.0 Å². The first kappa shape index (κ1) is 22.2. The number of Topliss-reactive ketones (excluding diaryl/α,β-unsaturated/α-hetero) is 1. The van der Waals surface area contributed by atoms with Crippen molar-refractivity contribution in [2.24, 2.45) is 0 Å². The molecule has 35 heavy (non-hydrogen) atoms. The molecular weight excluding hydrogens is 444 g/mol. The lowest BCUT2D eigenvalue weighted by atomic mass is 9.95. The number of nitrogens with zero attached hydrogens (tertiary/aromatic N) is 2. The van der Waals surface area contributed by atoms with Gasteiger partial charge in [-0.25, -0.2) is 0 Å². The van der Waals surface area contributed by atoms with Gasteiger partial charge >= 0.3 is 0 Å². The molecule has 7 heteroatoms. The number of carbonyl (C=O) groups is 2. The number of hydrogen-bond acceptors (Lipinski definition) is 6. The predicted octanol–water partition coefficient (Wildman–Crippen LogP) is 4.88. The Morgan fingerprint density at radius 3 is 2.43 bits per heavy atom. The first-order chi connectivity index (χ1) is 17.0. The van der Waals surface area contributed by atoms with E-state index in [1.165, 1.54) is 19.1 Å². The van der Waals surface area contributed by atoms with Crippen molar-refractivity contribution in [1.29, 1.82) is 0 Å². The first-order valence-corrected chi connectivity index (χ1v) is 11.0. The summed E-state index contributed by atoms with van der Waals surface area (Å²) in [5.74, 6) is -0.945. The second-order valence-corrected chi connectivity index (χ2v) is 8.02. The van der Waals surface area contributed by atoms with E-state index >= 15 is 0 Å². The molecule has 0 saturated carbocycles. The number of amides is 1. The van der Waals surface area contributed by atoms with Crippen molar-refractivity contribution in [2.75, 3.05) is 19.1 Å². The molecular formula is C28H22N2O5. The molecule has 4 aromatic rings. The Morgan fingerprint density at radius 2 is 1.69 bits per heavy atom. The third-order valence-electron chi connectivity index (χ3n) is 6.13. The number of ketones is 1. The van der Waals surface area contributed by atoms with Crippen LogP contribution in [0.2, 0.25) is 0 Å². The monoisotopic (exact) mass is 466 g/mol. The Morgan fingerprint density at radius 1 is 0.914 bits per heavy atom. The maximum atomic E-state index is 13.5. The number of carbonyl (C=O) groups excluding carboxylic acids is 2. The number of ether oxygens (including phenoxy) is 2. The fourth-order valence-corrected chi connectivity index (χ4v) is 4.49. The summed E-state index contributed by atoms with van der Waals surface area (Å²) in [7, 11) is 2.99. The first-order valence-electron chi connectivity index (χ1n) is 11.0. The van der Waals surface area contributed by atoms with Gasteiger partial charge in [0.2, 0.25) is 0 Å². The zero-order valence-electron chi connectivity index (χ0n) is 19.1. The molecule has 0 radical (unpaired) electrons. The molecule has 1 aliphatic heterocycles. The summed E-state index contributed by atoms with van der Waals surface area (Å²) >= 11 is 0. The van der Waals surface area contributed by atoms with Crippen LogP contribution in [0.5, 0.6) is 11.5 Å². The Balaban J connectivity index is 1.75. The number of aromatic nitrogens is 1. The summed E-state index contributed by atoms with van der Waals surface area (Å²) in [5.41, 5.74) is 1.47. The highest BCUT2D eigenvalue weighted by Crippen LogP contribution is 2.44. The van der Waals surface area contributed by atoms with Crippen LogP contribution in [0.1, 0.15) is 17.2 Å². The van der Waals surface area contributed by atoms with Crippen LogP contribution >= 0.6 is 0 Å². The van der Waals surface area contributed by atoms with E-state index in [9.17, 15) is 14.7 Å². The Labute approximate surface area is 201 Å². The van der Waals surface area contributed by atoms with Gasteiger partial charge in [0.15, 0.2) is 11.5 Å². The molecule has 0 bridgehead atoms. The van der Waals surface area contributed by atoms with Crippen molar-refractivity contribution in [3.63, 3.8) is 0 Å². The van der Waals surface area contributed by atoms with Crippen LogP contribution in [0.4, 0.5) is 5.69 Å². The quantitative estimate of drug-likeness (QED) is 0.256. The minimum absolute atomic E-state index is 0.0249. The van der Waals surface area contributed by atoms with Gasteiger partial charge in [-0.3, -0.25) is 19.5 Å². The lowest BCUT2D eigenvalue weighted by Gasteiger charge is -2.26. The number of hydrogen-bond donors (Lipinski definition) is 1. The van der Waals surface area contributed by atoms with Crippen LogP contribution in [0.3, 0.4) is 0 Å². The van der Waals surface area contributed by atoms with Crippen LogP contribution in [0, 0.1) is 0 Å². The molecule has 0 spiro atoms. The Kier molecular flexibility index (Phi) is 5.66. The van der Waals surface area contributed by atoms with E-state index < -0.39 is 17.7 Å². The number of methoxy groups -OCH3 is 2. The number of fused-ring (bicyclic) bond motifs is 1. The molecule has 1 aromatic heterocycles. The maximum Gasteiger partial charge on any atom is 0.300 e. The van der Waals surface area contributed by atoms with E-state index in [2.05, 4.69) is 4.98 Å². The Bertz CT molecular complexity index is 1470. The highest BCUT2D eigenvalue weighted by Gasteiger charge is 2.47. The van der Waals surface area contributed by atoms with Crippen molar-refractivity contribution in [3.8, 4) is 11.5 Å². The maximum absolute atomic E-state index is 13.5. The third-order valence-corrected chi connectivity index (χ3v) is 6.13. The molecule has 1 saturated heterocycles. The predicted molar refractivity (Wildman–Crippen MR) is 133 cm³/mol. The van der Waals surface area contributed by atoms with Gasteiger partial charge in [0.25, 0.3) is 11.7 Å². The fraction of sp³-hybridized carbons (Fsp3) is 0.107. The van der Waals surface area contributed by atoms with Gasteiger partial charge in [0, 0.05) is 23.3 Å². The van der Waals surface area contributed by atoms with E-state index in [-0.39, 0.29) is 11.3 Å². The van der Waals surface area contributed by atoms with Gasteiger partial charge in [0.05, 0.1) is 31.5 Å². The van der Waals surface area contributed by atoms with E-state index in [4.69, 9.17) is 9.47 Å². The standard InChI is InChI=1S/C28H22N2O5/c1-34-22-13-12-18(15-23(22)35-2)26(31)24-25(19-9-6-14-29-16-19)30(28(33)27(24)32)21-11-5-8-17-7-3-4-10-20(17)21/h3-16,25,31H,1-2H3/b26-24+. The van der Waals surface area contributed by atoms with Gasteiger partial charge in [-0.05, 0) is 41.3 Å². The summed E-state index contributed by atoms with van der Waals surface area (Å²) in [5, 5.41) is 13.1. The fourth-order valence-electron chi connectivity index (χ4n) is 4.49. The summed E-state index contributed by atoms with van der Waals surface area (Å²) in [6, 6.07) is 20.7. The highest BCUT2D eigenvalue weighted by molar-refractivity contribution is 6.52. The SMILES string of the molecule is COc1ccc(/C(O)=C2\C(=O)C(=O)N(c3cccc4ccccc34)C2c2cccnc2)cc1OC. The second kappa shape index (κ2) is 8.95. The second-order valence-electron chi connectivity index (χ2n) is 8.02. The van der Waals surface area contributed by atoms with E-state index in [1.807, 2.05) is 36.4 Å². The number of rotatable bonds is 5. The Hall–Kier alpha value is -4.65. The summed E-state index contributed by atoms with van der Waals surface area (Å²) < 4.78 is 10.6. The molecule has 3 aromatic carbocycles. The molecule has 0 aliphatic carbocycles. The van der Waals surface area contributed by atoms with Gasteiger partial charge in [-0.15, -0.1) is 0 Å². The van der Waals surface area contributed by atoms with Crippen molar-refractivity contribution in [3.05, 3.63) is 102 Å². The number of pyridine rings is 1. The van der Waals surface area contributed by atoms with Crippen molar-refractivity contribution < 1.29 is 24.2 Å². The topological polar surface area (TPSA) is 89.0 Å². The molecule has 7 nitrogen and oxygen atoms in total. The largest absolute Gasteiger partial charge is 0.507 e. The molecule has 5 rings (SSSR count). The molecule has 1 aliphatic rings. The van der Waals surface area contributed by atoms with Crippen LogP contribution in [-0.2, 0) is 9.59 Å². The average molecular weight is 466 g/mol. The molecule has 2 heterocycles. The van der Waals surface area contributed by atoms with Gasteiger partial charge in [0.1, 0.15) is 5.76 Å². The molecule has 1 fully saturated rings. The summed E-state index contributed by atoms with van der Waals surface area (Å²) in [6.07, 6.45) is 3.21. The molecule has 174 valence electrons. The lowest BCUT2D eigenvalue weighted by molar-refractivity contribution is -0.132. The number of aliphatic hydroxyl groups is 1. The normalized spacial score (nSPS) is 17.1. The van der Waals surface area contributed by atoms with Crippen molar-refractivity contribution in [2.45, 2.75) is 6.04 Å². The van der Waals surface area contributed by atoms with Crippen molar-refractivity contribution >= 4 is 33.9 Å². The van der Waals surface area contributed by atoms with Crippen molar-refractivity contribution in [1.82, 2.24) is 4.98 Å². The van der Waals surface area contributed by atoms with E-state index in [0.29, 0.717) is 28.3 Å². The molecule has 1 atom stereocenters. The van der Waals surface area contributed by atoms with E-state index in [0.717, 1.165) is 10.8 Å². The smallest absolute Gasteiger partial charge is 0.300 e. The zero-order valence-corrected chi connectivity index (χ0v) is 19.1. The lowest BCUT2D eigenvalue weighted by Crippen LogP contribution is -2.29. The van der Waals surface area contributed by atoms with Gasteiger partial charge < -0.3 is 14.6 Å². The summed E-state index contributed by atoms with van der Waals surface area (Å²) in [4.78, 5) is 32.5. The third kappa shape index (κ3) is 3.67. The molecule has 1 N–H and O–H groups in total. The average Bonchev–Trinajstić information content (AvgIpc) is 3.17. The molecule has 1 unspecified atom stereocenters. The van der Waals surface area contributed by atoms with Gasteiger partial charge in [-0.2, -0.15) is 0 Å². The van der Waals surface area contributed by atoms with Crippen LogP contribution < -0.4 is 14.4 Å². The van der Waals surface area contributed by atoms with Crippen LogP contribution in [0.25, 0.3) is 16.5 Å². The summed E-state index contributed by atoms with van der Waals surface area (Å²) in [6.45, 7) is 0. The number of benzene rings is 3. The zero-order chi connectivity index (χ0) is 24.5. The number of aliphatic hydroxyl groups excluding tert-OH is 1. The minimum atomic E-state index is -0.873. The minimum Gasteiger partial charge on any atom is -0.507 e. The van der Waals surface area contributed by atoms with Crippen LogP contribution in [0.15, 0.2) is 90.8 Å². The molecule has 1 amide bonds. The van der Waals surface area contributed by atoms with Gasteiger partial charge in [-0.1, -0.05) is 42.5 Å².